The van der Waals surface area contributed by atoms with Crippen LogP contribution < -0.4 is 14.2 Å². The lowest BCUT2D eigenvalue weighted by Gasteiger charge is -2.14. The van der Waals surface area contributed by atoms with E-state index in [1.165, 1.54) is 0 Å². The minimum atomic E-state index is -0.335. The molecule has 5 heteroatoms. The monoisotopic (exact) mass is 378 g/mol. The zero-order valence-corrected chi connectivity index (χ0v) is 17.1. The summed E-state index contributed by atoms with van der Waals surface area (Å²) in [6.45, 7) is 6.53. The van der Waals surface area contributed by atoms with Gasteiger partial charge in [-0.15, -0.1) is 0 Å². The highest BCUT2D eigenvalue weighted by Gasteiger charge is 2.18. The molecule has 152 valence electrons. The number of ether oxygens (including phenoxy) is 3. The van der Waals surface area contributed by atoms with Crippen LogP contribution in [0.4, 0.5) is 0 Å². The second kappa shape index (κ2) is 14.1. The summed E-state index contributed by atoms with van der Waals surface area (Å²) in [5.41, 5.74) is 0. The van der Waals surface area contributed by atoms with Crippen LogP contribution in [-0.2, 0) is 9.59 Å². The van der Waals surface area contributed by atoms with Crippen LogP contribution in [0, 0.1) is 0 Å². The predicted octanol–water partition coefficient (Wildman–Crippen LogP) is 5.84. The molecule has 0 aliphatic rings. The largest absolute Gasteiger partial charge is 0.490 e. The van der Waals surface area contributed by atoms with E-state index >= 15 is 0 Å². The summed E-state index contributed by atoms with van der Waals surface area (Å²) in [4.78, 5) is 24.3. The molecule has 0 heterocycles. The van der Waals surface area contributed by atoms with Gasteiger partial charge in [-0.05, 0) is 31.9 Å². The van der Waals surface area contributed by atoms with Gasteiger partial charge in [0, 0.05) is 12.8 Å². The van der Waals surface area contributed by atoms with Crippen molar-refractivity contribution >= 4 is 11.9 Å². The molecule has 0 spiro atoms. The molecule has 0 atom stereocenters. The molecule has 0 radical (unpaired) electrons. The Morgan fingerprint density at radius 1 is 0.741 bits per heavy atom. The van der Waals surface area contributed by atoms with Gasteiger partial charge in [0.15, 0.2) is 11.5 Å². The van der Waals surface area contributed by atoms with Crippen LogP contribution in [0.1, 0.15) is 85.0 Å². The Hall–Kier alpha value is -2.04. The number of carbonyl (C=O) groups excluding carboxylic acids is 2. The molecule has 0 aliphatic heterocycles. The summed E-state index contributed by atoms with van der Waals surface area (Å²) in [6, 6.07) is 5.07. The van der Waals surface area contributed by atoms with E-state index in [9.17, 15) is 9.59 Å². The molecule has 1 rings (SSSR count). The molecule has 0 bridgehead atoms. The highest BCUT2D eigenvalue weighted by Crippen LogP contribution is 2.38. The fourth-order valence-electron chi connectivity index (χ4n) is 2.68. The van der Waals surface area contributed by atoms with Gasteiger partial charge in [0.05, 0.1) is 6.61 Å². The Balaban J connectivity index is 2.74. The molecule has 0 unspecified atom stereocenters. The van der Waals surface area contributed by atoms with E-state index in [1.807, 2.05) is 6.92 Å². The van der Waals surface area contributed by atoms with Gasteiger partial charge in [0.1, 0.15) is 0 Å². The number of hydrogen-bond acceptors (Lipinski definition) is 5. The summed E-state index contributed by atoms with van der Waals surface area (Å²) in [7, 11) is 0. The van der Waals surface area contributed by atoms with E-state index in [1.54, 1.807) is 18.2 Å². The van der Waals surface area contributed by atoms with Crippen LogP contribution in [0.2, 0.25) is 0 Å². The minimum absolute atomic E-state index is 0.196. The van der Waals surface area contributed by atoms with Gasteiger partial charge in [-0.1, -0.05) is 58.4 Å². The maximum atomic E-state index is 12.2. The van der Waals surface area contributed by atoms with Crippen molar-refractivity contribution in [3.63, 3.8) is 0 Å². The Morgan fingerprint density at radius 2 is 1.30 bits per heavy atom. The average molecular weight is 379 g/mol. The highest BCUT2D eigenvalue weighted by molar-refractivity contribution is 5.77. The predicted molar refractivity (Wildman–Crippen MR) is 106 cm³/mol. The second-order valence-electron chi connectivity index (χ2n) is 6.59. The van der Waals surface area contributed by atoms with Crippen molar-refractivity contribution < 1.29 is 23.8 Å². The maximum absolute atomic E-state index is 12.2. The Bertz CT molecular complexity index is 568. The van der Waals surface area contributed by atoms with E-state index in [-0.39, 0.29) is 23.4 Å². The molecule has 0 aliphatic carbocycles. The molecule has 0 amide bonds. The first-order valence-electron chi connectivity index (χ1n) is 10.3. The van der Waals surface area contributed by atoms with Crippen molar-refractivity contribution in [3.8, 4) is 17.2 Å². The first kappa shape index (κ1) is 23.0. The van der Waals surface area contributed by atoms with Crippen LogP contribution in [0.15, 0.2) is 18.2 Å². The first-order chi connectivity index (χ1) is 13.1. The number of esters is 2. The average Bonchev–Trinajstić information content (AvgIpc) is 2.65. The molecule has 5 nitrogen and oxygen atoms in total. The van der Waals surface area contributed by atoms with Gasteiger partial charge in [0.25, 0.3) is 0 Å². The number of para-hydroxylation sites is 1. The lowest BCUT2D eigenvalue weighted by molar-refractivity contribution is -0.137. The van der Waals surface area contributed by atoms with Gasteiger partial charge in [-0.2, -0.15) is 0 Å². The number of rotatable bonds is 14. The summed E-state index contributed by atoms with van der Waals surface area (Å²) in [6.07, 6.45) is 8.71. The van der Waals surface area contributed by atoms with Crippen LogP contribution in [0.3, 0.4) is 0 Å². The molecular formula is C22H34O5. The Labute approximate surface area is 163 Å². The quantitative estimate of drug-likeness (QED) is 0.231. The third-order valence-corrected chi connectivity index (χ3v) is 4.15. The molecule has 0 saturated heterocycles. The summed E-state index contributed by atoms with van der Waals surface area (Å²) in [5.74, 6) is 0.194. The van der Waals surface area contributed by atoms with Gasteiger partial charge in [0.2, 0.25) is 5.75 Å². The van der Waals surface area contributed by atoms with Crippen molar-refractivity contribution in [2.45, 2.75) is 85.0 Å². The lowest BCUT2D eigenvalue weighted by atomic mass is 10.1. The normalized spacial score (nSPS) is 10.5. The highest BCUT2D eigenvalue weighted by atomic mass is 16.6. The zero-order valence-electron chi connectivity index (χ0n) is 17.1. The van der Waals surface area contributed by atoms with Gasteiger partial charge in [-0.3, -0.25) is 9.59 Å². The molecule has 1 aromatic carbocycles. The third-order valence-electron chi connectivity index (χ3n) is 4.15. The van der Waals surface area contributed by atoms with Crippen LogP contribution in [-0.4, -0.2) is 18.5 Å². The number of carbonyl (C=O) groups is 2. The number of unbranched alkanes of at least 4 members (excludes halogenated alkanes) is 6. The van der Waals surface area contributed by atoms with E-state index in [0.717, 1.165) is 51.4 Å². The minimum Gasteiger partial charge on any atom is -0.490 e. The lowest BCUT2D eigenvalue weighted by Crippen LogP contribution is -2.13. The van der Waals surface area contributed by atoms with E-state index in [4.69, 9.17) is 14.2 Å². The van der Waals surface area contributed by atoms with Crippen LogP contribution in [0.25, 0.3) is 0 Å². The van der Waals surface area contributed by atoms with Crippen molar-refractivity contribution in [2.75, 3.05) is 6.61 Å². The van der Waals surface area contributed by atoms with Crippen molar-refractivity contribution in [2.24, 2.45) is 0 Å². The van der Waals surface area contributed by atoms with E-state index in [0.29, 0.717) is 25.2 Å². The van der Waals surface area contributed by atoms with Crippen molar-refractivity contribution in [1.29, 1.82) is 0 Å². The van der Waals surface area contributed by atoms with Crippen LogP contribution in [0.5, 0.6) is 17.2 Å². The summed E-state index contributed by atoms with van der Waals surface area (Å²) >= 11 is 0. The molecule has 27 heavy (non-hydrogen) atoms. The topological polar surface area (TPSA) is 61.8 Å². The van der Waals surface area contributed by atoms with Crippen LogP contribution >= 0.6 is 0 Å². The van der Waals surface area contributed by atoms with Crippen molar-refractivity contribution in [1.82, 2.24) is 0 Å². The standard InChI is InChI=1S/C22H34O5/c1-4-7-9-11-16-20(23)26-19-15-13-14-18(25-6-3)22(19)27-21(24)17-12-10-8-5-2/h13-15H,4-12,16-17H2,1-3H3. The molecule has 0 saturated carbocycles. The van der Waals surface area contributed by atoms with Gasteiger partial charge in [-0.25, -0.2) is 0 Å². The maximum Gasteiger partial charge on any atom is 0.311 e. The van der Waals surface area contributed by atoms with Crippen molar-refractivity contribution in [3.05, 3.63) is 18.2 Å². The molecule has 1 aromatic rings. The fraction of sp³-hybridized carbons (Fsp3) is 0.636. The SMILES string of the molecule is CCCCCCC(=O)Oc1cccc(OCC)c1OC(=O)CCCCCC. The zero-order chi connectivity index (χ0) is 19.9. The summed E-state index contributed by atoms with van der Waals surface area (Å²) in [5, 5.41) is 0. The summed E-state index contributed by atoms with van der Waals surface area (Å²) < 4.78 is 16.5. The number of benzene rings is 1. The van der Waals surface area contributed by atoms with Gasteiger partial charge >= 0.3 is 11.9 Å². The Morgan fingerprint density at radius 3 is 1.85 bits per heavy atom. The molecule has 0 fully saturated rings. The first-order valence-corrected chi connectivity index (χ1v) is 10.3. The third kappa shape index (κ3) is 9.45. The molecular weight excluding hydrogens is 344 g/mol. The van der Waals surface area contributed by atoms with E-state index < -0.39 is 0 Å². The molecule has 0 N–H and O–H groups in total. The second-order valence-corrected chi connectivity index (χ2v) is 6.59. The fourth-order valence-corrected chi connectivity index (χ4v) is 2.68. The number of hydrogen-bond donors (Lipinski definition) is 0. The molecule has 0 aromatic heterocycles. The van der Waals surface area contributed by atoms with E-state index in [2.05, 4.69) is 13.8 Å². The smallest absolute Gasteiger partial charge is 0.311 e. The Kier molecular flexibility index (Phi) is 12.0. The van der Waals surface area contributed by atoms with Gasteiger partial charge < -0.3 is 14.2 Å².